The predicted molar refractivity (Wildman–Crippen MR) is 85.6 cm³/mol. The van der Waals surface area contributed by atoms with E-state index in [1.165, 1.54) is 10.5 Å². The summed E-state index contributed by atoms with van der Waals surface area (Å²) in [5, 5.41) is 3.59. The molecule has 2 aromatic rings. The Labute approximate surface area is 130 Å². The fourth-order valence-corrected chi connectivity index (χ4v) is 2.29. The van der Waals surface area contributed by atoms with Crippen molar-refractivity contribution in [1.29, 1.82) is 0 Å². The first-order chi connectivity index (χ1) is 10.1. The highest BCUT2D eigenvalue weighted by atomic mass is 35.5. The van der Waals surface area contributed by atoms with Crippen LogP contribution in [0.25, 0.3) is 0 Å². The minimum absolute atomic E-state index is 0.0846. The van der Waals surface area contributed by atoms with Crippen LogP contribution in [0.4, 0.5) is 0 Å². The lowest BCUT2D eigenvalue weighted by molar-refractivity contribution is -0.872. The first-order valence-corrected chi connectivity index (χ1v) is 7.33. The van der Waals surface area contributed by atoms with Crippen molar-refractivity contribution in [3.63, 3.8) is 0 Å². The number of rotatable bonds is 5. The number of amides is 1. The Hall–Kier alpha value is -1.84. The van der Waals surface area contributed by atoms with Crippen LogP contribution in [0, 0.1) is 0 Å². The molecule has 4 heteroatoms. The normalized spacial score (nSPS) is 10.7. The van der Waals surface area contributed by atoms with Gasteiger partial charge in [-0.3, -0.25) is 4.79 Å². The van der Waals surface area contributed by atoms with Gasteiger partial charge in [-0.05, 0) is 29.8 Å². The zero-order valence-corrected chi connectivity index (χ0v) is 13.1. The van der Waals surface area contributed by atoms with E-state index in [-0.39, 0.29) is 5.91 Å². The molecule has 0 aliphatic heterocycles. The SMILES string of the molecule is C[NH+](C)Cc1ccccc1CNC(=O)c1ccc(Cl)cc1. The number of hydrogen-bond donors (Lipinski definition) is 2. The molecule has 0 radical (unpaired) electrons. The second-order valence-electron chi connectivity index (χ2n) is 5.34. The van der Waals surface area contributed by atoms with Crippen LogP contribution in [0.1, 0.15) is 21.5 Å². The van der Waals surface area contributed by atoms with Crippen molar-refractivity contribution in [1.82, 2.24) is 5.32 Å². The Morgan fingerprint density at radius 2 is 1.67 bits per heavy atom. The van der Waals surface area contributed by atoms with Crippen LogP contribution in [0.5, 0.6) is 0 Å². The Morgan fingerprint density at radius 3 is 2.29 bits per heavy atom. The van der Waals surface area contributed by atoms with E-state index < -0.39 is 0 Å². The van der Waals surface area contributed by atoms with Gasteiger partial charge in [-0.1, -0.05) is 35.9 Å². The van der Waals surface area contributed by atoms with Gasteiger partial charge in [0.25, 0.3) is 5.91 Å². The van der Waals surface area contributed by atoms with Crippen molar-refractivity contribution in [3.8, 4) is 0 Å². The first kappa shape index (κ1) is 15.5. The highest BCUT2D eigenvalue weighted by molar-refractivity contribution is 6.30. The molecule has 21 heavy (non-hydrogen) atoms. The van der Waals surface area contributed by atoms with Crippen molar-refractivity contribution < 1.29 is 9.69 Å². The Balaban J connectivity index is 2.02. The summed E-state index contributed by atoms with van der Waals surface area (Å²) in [4.78, 5) is 13.5. The van der Waals surface area contributed by atoms with Gasteiger partial charge in [0, 0.05) is 22.7 Å². The first-order valence-electron chi connectivity index (χ1n) is 6.96. The smallest absolute Gasteiger partial charge is 0.251 e. The molecule has 0 saturated carbocycles. The second-order valence-corrected chi connectivity index (χ2v) is 5.78. The van der Waals surface area contributed by atoms with Crippen LogP contribution in [-0.2, 0) is 13.1 Å². The molecular formula is C17H20ClN2O+. The molecule has 0 spiro atoms. The summed E-state index contributed by atoms with van der Waals surface area (Å²) >= 11 is 5.82. The molecule has 110 valence electrons. The zero-order chi connectivity index (χ0) is 15.2. The maximum Gasteiger partial charge on any atom is 0.251 e. The molecule has 2 aromatic carbocycles. The molecule has 0 aliphatic rings. The van der Waals surface area contributed by atoms with E-state index in [0.29, 0.717) is 17.1 Å². The van der Waals surface area contributed by atoms with Gasteiger partial charge in [0.15, 0.2) is 0 Å². The monoisotopic (exact) mass is 303 g/mol. The molecule has 1 amide bonds. The van der Waals surface area contributed by atoms with Crippen LogP contribution >= 0.6 is 11.6 Å². The van der Waals surface area contributed by atoms with E-state index in [4.69, 9.17) is 11.6 Å². The summed E-state index contributed by atoms with van der Waals surface area (Å²) in [6.45, 7) is 1.47. The Morgan fingerprint density at radius 1 is 1.05 bits per heavy atom. The highest BCUT2D eigenvalue weighted by Gasteiger charge is 2.08. The van der Waals surface area contributed by atoms with Gasteiger partial charge in [0.2, 0.25) is 0 Å². The van der Waals surface area contributed by atoms with Crippen LogP contribution in [0.3, 0.4) is 0 Å². The van der Waals surface area contributed by atoms with Gasteiger partial charge < -0.3 is 10.2 Å². The van der Waals surface area contributed by atoms with Crippen molar-refractivity contribution in [2.75, 3.05) is 14.1 Å². The maximum atomic E-state index is 12.1. The average Bonchev–Trinajstić information content (AvgIpc) is 2.46. The van der Waals surface area contributed by atoms with Gasteiger partial charge in [-0.2, -0.15) is 0 Å². The molecule has 0 bridgehead atoms. The van der Waals surface area contributed by atoms with E-state index in [1.807, 2.05) is 12.1 Å². The third-order valence-electron chi connectivity index (χ3n) is 3.21. The molecule has 0 saturated heterocycles. The third kappa shape index (κ3) is 4.59. The summed E-state index contributed by atoms with van der Waals surface area (Å²) in [5.74, 6) is -0.0846. The van der Waals surface area contributed by atoms with Crippen LogP contribution < -0.4 is 10.2 Å². The van der Waals surface area contributed by atoms with E-state index in [1.54, 1.807) is 24.3 Å². The van der Waals surface area contributed by atoms with Crippen LogP contribution in [0.2, 0.25) is 5.02 Å². The van der Waals surface area contributed by atoms with Gasteiger partial charge in [-0.25, -0.2) is 0 Å². The number of quaternary nitrogens is 1. The lowest BCUT2D eigenvalue weighted by atomic mass is 10.1. The van der Waals surface area contributed by atoms with Crippen molar-refractivity contribution in [3.05, 3.63) is 70.2 Å². The summed E-state index contributed by atoms with van der Waals surface area (Å²) in [6.07, 6.45) is 0. The maximum absolute atomic E-state index is 12.1. The average molecular weight is 304 g/mol. The van der Waals surface area contributed by atoms with Gasteiger partial charge in [-0.15, -0.1) is 0 Å². The lowest BCUT2D eigenvalue weighted by Crippen LogP contribution is -3.04. The molecule has 0 atom stereocenters. The molecule has 0 aliphatic carbocycles. The summed E-state index contributed by atoms with van der Waals surface area (Å²) in [6, 6.07) is 15.1. The largest absolute Gasteiger partial charge is 0.348 e. The summed E-state index contributed by atoms with van der Waals surface area (Å²) in [7, 11) is 4.23. The Bertz CT molecular complexity index is 608. The van der Waals surface area contributed by atoms with Crippen molar-refractivity contribution in [2.45, 2.75) is 13.1 Å². The number of benzene rings is 2. The standard InChI is InChI=1S/C17H19ClN2O/c1-20(2)12-15-6-4-3-5-14(15)11-19-17(21)13-7-9-16(18)10-8-13/h3-10H,11-12H2,1-2H3,(H,19,21)/p+1. The topological polar surface area (TPSA) is 33.5 Å². The molecule has 2 N–H and O–H groups in total. The zero-order valence-electron chi connectivity index (χ0n) is 12.3. The molecule has 2 rings (SSSR count). The second kappa shape index (κ2) is 7.25. The lowest BCUT2D eigenvalue weighted by Gasteiger charge is -2.13. The third-order valence-corrected chi connectivity index (χ3v) is 3.46. The minimum Gasteiger partial charge on any atom is -0.348 e. The van der Waals surface area contributed by atoms with Crippen molar-refractivity contribution in [2.24, 2.45) is 0 Å². The van der Waals surface area contributed by atoms with E-state index in [0.717, 1.165) is 12.1 Å². The molecule has 0 heterocycles. The molecule has 0 aromatic heterocycles. The van der Waals surface area contributed by atoms with E-state index in [2.05, 4.69) is 31.5 Å². The molecular weight excluding hydrogens is 284 g/mol. The van der Waals surface area contributed by atoms with E-state index >= 15 is 0 Å². The molecule has 0 fully saturated rings. The van der Waals surface area contributed by atoms with Gasteiger partial charge >= 0.3 is 0 Å². The fourth-order valence-electron chi connectivity index (χ4n) is 2.16. The number of nitrogens with one attached hydrogen (secondary N) is 2. The summed E-state index contributed by atoms with van der Waals surface area (Å²) in [5.41, 5.74) is 3.03. The van der Waals surface area contributed by atoms with Gasteiger partial charge in [0.05, 0.1) is 14.1 Å². The number of hydrogen-bond acceptors (Lipinski definition) is 1. The molecule has 0 unspecified atom stereocenters. The van der Waals surface area contributed by atoms with Crippen LogP contribution in [0.15, 0.2) is 48.5 Å². The molecule has 3 nitrogen and oxygen atoms in total. The van der Waals surface area contributed by atoms with Gasteiger partial charge in [0.1, 0.15) is 6.54 Å². The Kier molecular flexibility index (Phi) is 5.37. The fraction of sp³-hybridized carbons (Fsp3) is 0.235. The van der Waals surface area contributed by atoms with Crippen LogP contribution in [-0.4, -0.2) is 20.0 Å². The minimum atomic E-state index is -0.0846. The van der Waals surface area contributed by atoms with Crippen molar-refractivity contribution >= 4 is 17.5 Å². The number of carbonyl (C=O) groups is 1. The highest BCUT2D eigenvalue weighted by Crippen LogP contribution is 2.11. The predicted octanol–water partition coefficient (Wildman–Crippen LogP) is 1.91. The van der Waals surface area contributed by atoms with E-state index in [9.17, 15) is 4.79 Å². The number of halogens is 1. The summed E-state index contributed by atoms with van der Waals surface area (Å²) < 4.78 is 0. The number of carbonyl (C=O) groups excluding carboxylic acids is 1. The quantitative estimate of drug-likeness (QED) is 0.869.